The van der Waals surface area contributed by atoms with Crippen LogP contribution in [0.4, 0.5) is 4.79 Å². The van der Waals surface area contributed by atoms with E-state index in [9.17, 15) is 4.79 Å². The Morgan fingerprint density at radius 2 is 2.31 bits per heavy atom. The van der Waals surface area contributed by atoms with E-state index in [2.05, 4.69) is 20.9 Å². The molecule has 1 aromatic rings. The van der Waals surface area contributed by atoms with Gasteiger partial charge in [0.2, 0.25) is 0 Å². The van der Waals surface area contributed by atoms with Crippen molar-refractivity contribution in [2.45, 2.75) is 6.42 Å². The molecule has 2 rings (SSSR count). The van der Waals surface area contributed by atoms with E-state index in [4.69, 9.17) is 5.11 Å². The molecule has 0 atom stereocenters. The summed E-state index contributed by atoms with van der Waals surface area (Å²) in [6, 6.07) is 5.74. The first-order chi connectivity index (χ1) is 7.66. The van der Waals surface area contributed by atoms with Crippen molar-refractivity contribution in [1.29, 1.82) is 0 Å². The summed E-state index contributed by atoms with van der Waals surface area (Å²) in [4.78, 5) is 16.5. The van der Waals surface area contributed by atoms with E-state index in [1.54, 1.807) is 0 Å². The molecule has 16 heavy (non-hydrogen) atoms. The third-order valence-corrected chi connectivity index (χ3v) is 2.97. The van der Waals surface area contributed by atoms with Crippen LogP contribution in [0.15, 0.2) is 28.9 Å². The smallest absolute Gasteiger partial charge is 0.407 e. The van der Waals surface area contributed by atoms with Crippen LogP contribution in [-0.2, 0) is 0 Å². The number of pyridine rings is 1. The van der Waals surface area contributed by atoms with Crippen LogP contribution in [0.25, 0.3) is 5.57 Å². The van der Waals surface area contributed by atoms with Crippen molar-refractivity contribution in [3.63, 3.8) is 0 Å². The lowest BCUT2D eigenvalue weighted by atomic mass is 10.0. The molecule has 1 aliphatic rings. The molecule has 1 aromatic heterocycles. The normalized spacial score (nSPS) is 15.8. The Hall–Kier alpha value is -1.36. The fraction of sp³-hybridized carbons (Fsp3) is 0.273. The Bertz CT molecular complexity index is 445. The summed E-state index contributed by atoms with van der Waals surface area (Å²) in [6.45, 7) is 0.980. The van der Waals surface area contributed by atoms with Gasteiger partial charge >= 0.3 is 6.09 Å². The van der Waals surface area contributed by atoms with Crippen LogP contribution >= 0.6 is 15.9 Å². The highest BCUT2D eigenvalue weighted by atomic mass is 79.9. The van der Waals surface area contributed by atoms with Crippen LogP contribution in [0, 0.1) is 0 Å². The van der Waals surface area contributed by atoms with Crippen LogP contribution in [0.5, 0.6) is 0 Å². The predicted octanol–water partition coefficient (Wildman–Crippen LogP) is 2.61. The van der Waals surface area contributed by atoms with Gasteiger partial charge in [0.1, 0.15) is 4.60 Å². The summed E-state index contributed by atoms with van der Waals surface area (Å²) in [6.07, 6.45) is 1.78. The number of hydrogen-bond acceptors (Lipinski definition) is 2. The minimum absolute atomic E-state index is 0.443. The molecule has 0 aromatic carbocycles. The predicted molar refractivity (Wildman–Crippen MR) is 64.1 cm³/mol. The Balaban J connectivity index is 2.16. The molecule has 0 aliphatic carbocycles. The minimum Gasteiger partial charge on any atom is -0.465 e. The van der Waals surface area contributed by atoms with Gasteiger partial charge in [0.05, 0.1) is 5.69 Å². The summed E-state index contributed by atoms with van der Waals surface area (Å²) < 4.78 is 0.798. The molecule has 0 saturated heterocycles. The van der Waals surface area contributed by atoms with Gasteiger partial charge in [-0.05, 0) is 40.1 Å². The van der Waals surface area contributed by atoms with Crippen molar-refractivity contribution in [2.75, 3.05) is 13.1 Å². The van der Waals surface area contributed by atoms with E-state index in [-0.39, 0.29) is 0 Å². The third-order valence-electron chi connectivity index (χ3n) is 2.52. The highest BCUT2D eigenvalue weighted by molar-refractivity contribution is 9.10. The Kier molecular flexibility index (Phi) is 3.24. The fourth-order valence-corrected chi connectivity index (χ4v) is 2.01. The number of amides is 1. The standard InChI is InChI=1S/C11H11BrN2O2/c12-10-3-1-2-9(13-10)8-4-6-14(7-5-8)11(15)16/h1-4H,5-7H2,(H,15,16). The van der Waals surface area contributed by atoms with Gasteiger partial charge in [-0.1, -0.05) is 12.1 Å². The molecular formula is C11H11BrN2O2. The lowest BCUT2D eigenvalue weighted by molar-refractivity contribution is 0.150. The number of carbonyl (C=O) groups is 1. The molecule has 2 heterocycles. The van der Waals surface area contributed by atoms with Gasteiger partial charge < -0.3 is 10.0 Å². The average molecular weight is 283 g/mol. The quantitative estimate of drug-likeness (QED) is 0.806. The van der Waals surface area contributed by atoms with Crippen LogP contribution < -0.4 is 0 Å². The number of halogens is 1. The van der Waals surface area contributed by atoms with Gasteiger partial charge in [0.25, 0.3) is 0 Å². The van der Waals surface area contributed by atoms with Crippen molar-refractivity contribution < 1.29 is 9.90 Å². The van der Waals surface area contributed by atoms with Crippen molar-refractivity contribution in [3.05, 3.63) is 34.6 Å². The molecule has 4 nitrogen and oxygen atoms in total. The van der Waals surface area contributed by atoms with Crippen LogP contribution in [0.2, 0.25) is 0 Å². The molecule has 0 fully saturated rings. The lowest BCUT2D eigenvalue weighted by Crippen LogP contribution is -2.33. The minimum atomic E-state index is -0.863. The second-order valence-electron chi connectivity index (χ2n) is 3.55. The molecule has 0 saturated carbocycles. The Morgan fingerprint density at radius 1 is 1.50 bits per heavy atom. The van der Waals surface area contributed by atoms with Crippen LogP contribution in [0.3, 0.4) is 0 Å². The van der Waals surface area contributed by atoms with E-state index in [0.29, 0.717) is 13.1 Å². The zero-order valence-electron chi connectivity index (χ0n) is 8.56. The van der Waals surface area contributed by atoms with E-state index >= 15 is 0 Å². The molecule has 1 aliphatic heterocycles. The van der Waals surface area contributed by atoms with E-state index < -0.39 is 6.09 Å². The summed E-state index contributed by atoms with van der Waals surface area (Å²) in [5, 5.41) is 8.81. The van der Waals surface area contributed by atoms with Gasteiger partial charge in [0.15, 0.2) is 0 Å². The van der Waals surface area contributed by atoms with Crippen molar-refractivity contribution in [1.82, 2.24) is 9.88 Å². The number of carboxylic acid groups (broad SMARTS) is 1. The zero-order chi connectivity index (χ0) is 11.5. The van der Waals surface area contributed by atoms with E-state index in [1.807, 2.05) is 24.3 Å². The molecule has 1 N–H and O–H groups in total. The largest absolute Gasteiger partial charge is 0.465 e. The maximum absolute atomic E-state index is 10.7. The summed E-state index contributed by atoms with van der Waals surface area (Å²) in [5.74, 6) is 0. The van der Waals surface area contributed by atoms with Gasteiger partial charge in [-0.15, -0.1) is 0 Å². The third kappa shape index (κ3) is 2.41. The lowest BCUT2D eigenvalue weighted by Gasteiger charge is -2.23. The summed E-state index contributed by atoms with van der Waals surface area (Å²) >= 11 is 3.32. The van der Waals surface area contributed by atoms with Crippen molar-refractivity contribution in [2.24, 2.45) is 0 Å². The molecule has 1 amide bonds. The van der Waals surface area contributed by atoms with Crippen LogP contribution in [0.1, 0.15) is 12.1 Å². The van der Waals surface area contributed by atoms with Gasteiger partial charge in [-0.3, -0.25) is 0 Å². The SMILES string of the molecule is O=C(O)N1CC=C(c2cccc(Br)n2)CC1. The van der Waals surface area contributed by atoms with Gasteiger partial charge in [-0.2, -0.15) is 0 Å². The summed E-state index contributed by atoms with van der Waals surface area (Å²) in [5.41, 5.74) is 2.03. The van der Waals surface area contributed by atoms with Gasteiger partial charge in [0, 0.05) is 13.1 Å². The molecule has 0 unspecified atom stereocenters. The van der Waals surface area contributed by atoms with E-state index in [0.717, 1.165) is 22.3 Å². The topological polar surface area (TPSA) is 53.4 Å². The maximum Gasteiger partial charge on any atom is 0.407 e. The summed E-state index contributed by atoms with van der Waals surface area (Å²) in [7, 11) is 0. The highest BCUT2D eigenvalue weighted by Gasteiger charge is 2.17. The van der Waals surface area contributed by atoms with Gasteiger partial charge in [-0.25, -0.2) is 9.78 Å². The number of hydrogen-bond donors (Lipinski definition) is 1. The monoisotopic (exact) mass is 282 g/mol. The van der Waals surface area contributed by atoms with Crippen molar-refractivity contribution in [3.8, 4) is 0 Å². The fourth-order valence-electron chi connectivity index (χ4n) is 1.66. The number of aromatic nitrogens is 1. The molecule has 0 bridgehead atoms. The molecule has 0 spiro atoms. The first-order valence-corrected chi connectivity index (χ1v) is 5.76. The Labute approximate surface area is 102 Å². The second-order valence-corrected chi connectivity index (χ2v) is 4.37. The molecular weight excluding hydrogens is 272 g/mol. The second kappa shape index (κ2) is 4.65. The molecule has 84 valence electrons. The van der Waals surface area contributed by atoms with E-state index in [1.165, 1.54) is 4.90 Å². The maximum atomic E-state index is 10.7. The number of nitrogens with zero attached hydrogens (tertiary/aromatic N) is 2. The average Bonchev–Trinajstić information content (AvgIpc) is 2.29. The molecule has 5 heteroatoms. The van der Waals surface area contributed by atoms with Crippen LogP contribution in [-0.4, -0.2) is 34.2 Å². The van der Waals surface area contributed by atoms with Crippen molar-refractivity contribution >= 4 is 27.6 Å². The first kappa shape index (κ1) is 11.1. The number of rotatable bonds is 1. The molecule has 0 radical (unpaired) electrons. The zero-order valence-corrected chi connectivity index (χ0v) is 10.1. The highest BCUT2D eigenvalue weighted by Crippen LogP contribution is 2.21. The first-order valence-electron chi connectivity index (χ1n) is 4.96. The Morgan fingerprint density at radius 3 is 2.88 bits per heavy atom.